The molecule has 98 valence electrons. The van der Waals surface area contributed by atoms with Crippen LogP contribution in [0.3, 0.4) is 0 Å². The molecule has 18 heavy (non-hydrogen) atoms. The molecule has 0 atom stereocenters. The summed E-state index contributed by atoms with van der Waals surface area (Å²) in [6.07, 6.45) is 3.20. The summed E-state index contributed by atoms with van der Waals surface area (Å²) in [5.41, 5.74) is 3.55. The molecule has 2 nitrogen and oxygen atoms in total. The zero-order valence-electron chi connectivity index (χ0n) is 12.0. The minimum atomic E-state index is 0.134. The van der Waals surface area contributed by atoms with E-state index in [4.69, 9.17) is 4.74 Å². The first-order chi connectivity index (χ1) is 8.31. The topological polar surface area (TPSA) is 26.3 Å². The molecule has 0 fully saturated rings. The highest BCUT2D eigenvalue weighted by molar-refractivity contribution is 5.80. The number of benzene rings is 1. The van der Waals surface area contributed by atoms with E-state index < -0.39 is 0 Å². The third-order valence-electron chi connectivity index (χ3n) is 4.33. The molecular formula is C16H22O2. The van der Waals surface area contributed by atoms with Crippen molar-refractivity contribution in [2.45, 2.75) is 51.4 Å². The van der Waals surface area contributed by atoms with Crippen LogP contribution in [0.4, 0.5) is 0 Å². The van der Waals surface area contributed by atoms with Gasteiger partial charge in [0.05, 0.1) is 12.7 Å². The van der Waals surface area contributed by atoms with E-state index in [1.54, 1.807) is 7.11 Å². The molecule has 0 bridgehead atoms. The molecule has 0 saturated heterocycles. The molecule has 0 saturated carbocycles. The molecule has 0 spiro atoms. The van der Waals surface area contributed by atoms with Crippen molar-refractivity contribution in [3.63, 3.8) is 0 Å². The summed E-state index contributed by atoms with van der Waals surface area (Å²) in [4.78, 5) is 11.2. The number of carbonyl (C=O) groups excluding carboxylic acids is 1. The lowest BCUT2D eigenvalue weighted by molar-refractivity contribution is 0.112. The minimum absolute atomic E-state index is 0.134. The second-order valence-electron chi connectivity index (χ2n) is 6.53. The third kappa shape index (κ3) is 1.94. The summed E-state index contributed by atoms with van der Waals surface area (Å²) < 4.78 is 5.33. The number of carbonyl (C=O) groups is 1. The Hall–Kier alpha value is -1.31. The van der Waals surface area contributed by atoms with Crippen molar-refractivity contribution in [1.29, 1.82) is 0 Å². The van der Waals surface area contributed by atoms with Crippen molar-refractivity contribution in [3.8, 4) is 5.75 Å². The van der Waals surface area contributed by atoms with Crippen molar-refractivity contribution < 1.29 is 9.53 Å². The summed E-state index contributed by atoms with van der Waals surface area (Å²) >= 11 is 0. The van der Waals surface area contributed by atoms with Crippen LogP contribution in [0.15, 0.2) is 12.1 Å². The predicted molar refractivity (Wildman–Crippen MR) is 73.7 cm³/mol. The molecule has 2 rings (SSSR count). The fourth-order valence-corrected chi connectivity index (χ4v) is 2.88. The zero-order valence-corrected chi connectivity index (χ0v) is 12.0. The van der Waals surface area contributed by atoms with Gasteiger partial charge in [0.25, 0.3) is 0 Å². The van der Waals surface area contributed by atoms with Gasteiger partial charge < -0.3 is 4.74 Å². The van der Waals surface area contributed by atoms with Gasteiger partial charge in [0, 0.05) is 0 Å². The predicted octanol–water partition coefficient (Wildman–Crippen LogP) is 3.86. The molecule has 0 N–H and O–H groups in total. The molecule has 0 unspecified atom stereocenters. The molecule has 0 radical (unpaired) electrons. The Morgan fingerprint density at radius 3 is 2.00 bits per heavy atom. The molecular weight excluding hydrogens is 224 g/mol. The van der Waals surface area contributed by atoms with Gasteiger partial charge in [-0.15, -0.1) is 0 Å². The molecule has 0 amide bonds. The molecule has 1 aromatic rings. The van der Waals surface area contributed by atoms with Crippen LogP contribution in [-0.4, -0.2) is 13.4 Å². The van der Waals surface area contributed by atoms with E-state index in [-0.39, 0.29) is 10.8 Å². The van der Waals surface area contributed by atoms with Gasteiger partial charge in [0.2, 0.25) is 0 Å². The summed E-state index contributed by atoms with van der Waals surface area (Å²) in [6.45, 7) is 9.03. The maximum absolute atomic E-state index is 11.2. The van der Waals surface area contributed by atoms with Crippen molar-refractivity contribution >= 4 is 6.29 Å². The van der Waals surface area contributed by atoms with E-state index in [1.165, 1.54) is 11.1 Å². The maximum Gasteiger partial charge on any atom is 0.153 e. The number of fused-ring (bicyclic) bond motifs is 1. The zero-order chi connectivity index (χ0) is 13.6. The number of hydrogen-bond acceptors (Lipinski definition) is 2. The van der Waals surface area contributed by atoms with Crippen LogP contribution >= 0.6 is 0 Å². The monoisotopic (exact) mass is 246 g/mol. The molecule has 0 aromatic heterocycles. The van der Waals surface area contributed by atoms with E-state index in [0.717, 1.165) is 19.1 Å². The second-order valence-corrected chi connectivity index (χ2v) is 6.53. The van der Waals surface area contributed by atoms with Gasteiger partial charge >= 0.3 is 0 Å². The number of hydrogen-bond donors (Lipinski definition) is 0. The van der Waals surface area contributed by atoms with Crippen LogP contribution in [0.5, 0.6) is 5.75 Å². The summed E-state index contributed by atoms with van der Waals surface area (Å²) in [5, 5.41) is 0. The van der Waals surface area contributed by atoms with Crippen molar-refractivity contribution in [2.24, 2.45) is 0 Å². The lowest BCUT2D eigenvalue weighted by Gasteiger charge is -2.42. The Labute approximate surface area is 109 Å². The molecule has 0 heterocycles. The Morgan fingerprint density at radius 2 is 1.56 bits per heavy atom. The van der Waals surface area contributed by atoms with E-state index in [0.29, 0.717) is 11.3 Å². The second kappa shape index (κ2) is 4.11. The van der Waals surface area contributed by atoms with Crippen molar-refractivity contribution in [3.05, 3.63) is 28.8 Å². The largest absolute Gasteiger partial charge is 0.496 e. The van der Waals surface area contributed by atoms with E-state index >= 15 is 0 Å². The van der Waals surface area contributed by atoms with E-state index in [2.05, 4.69) is 33.8 Å². The average Bonchev–Trinajstić information content (AvgIpc) is 2.33. The SMILES string of the molecule is COc1cc2c(cc1C=O)C(C)(C)CCC2(C)C. The summed E-state index contributed by atoms with van der Waals surface area (Å²) in [5.74, 6) is 0.689. The highest BCUT2D eigenvalue weighted by Crippen LogP contribution is 2.47. The molecule has 1 aliphatic rings. The van der Waals surface area contributed by atoms with E-state index in [1.807, 2.05) is 6.07 Å². The molecule has 2 heteroatoms. The first-order valence-electron chi connectivity index (χ1n) is 6.50. The standard InChI is InChI=1S/C16H22O2/c1-15(2)6-7-16(3,4)13-9-14(18-5)11(10-17)8-12(13)15/h8-10H,6-7H2,1-5H3. The van der Waals surface area contributed by atoms with Crippen LogP contribution in [0.25, 0.3) is 0 Å². The fraction of sp³-hybridized carbons (Fsp3) is 0.562. The third-order valence-corrected chi connectivity index (χ3v) is 4.33. The van der Waals surface area contributed by atoms with Crippen LogP contribution in [-0.2, 0) is 10.8 Å². The Balaban J connectivity index is 2.72. The van der Waals surface area contributed by atoms with Gasteiger partial charge in [-0.3, -0.25) is 4.79 Å². The highest BCUT2D eigenvalue weighted by atomic mass is 16.5. The van der Waals surface area contributed by atoms with Crippen molar-refractivity contribution in [2.75, 3.05) is 7.11 Å². The Bertz CT molecular complexity index is 484. The quantitative estimate of drug-likeness (QED) is 0.741. The molecule has 0 aliphatic heterocycles. The van der Waals surface area contributed by atoms with Gasteiger partial charge in [-0.1, -0.05) is 27.7 Å². The highest BCUT2D eigenvalue weighted by Gasteiger charge is 2.37. The van der Waals surface area contributed by atoms with Gasteiger partial charge in [-0.05, 0) is 46.9 Å². The number of rotatable bonds is 2. The van der Waals surface area contributed by atoms with Crippen LogP contribution in [0, 0.1) is 0 Å². The Morgan fingerprint density at radius 1 is 1.06 bits per heavy atom. The smallest absolute Gasteiger partial charge is 0.153 e. The van der Waals surface area contributed by atoms with Crippen LogP contribution < -0.4 is 4.74 Å². The first kappa shape index (κ1) is 13.1. The fourth-order valence-electron chi connectivity index (χ4n) is 2.88. The molecule has 1 aromatic carbocycles. The van der Waals surface area contributed by atoms with Crippen LogP contribution in [0.1, 0.15) is 62.0 Å². The normalized spacial score (nSPS) is 20.1. The number of ether oxygens (including phenoxy) is 1. The minimum Gasteiger partial charge on any atom is -0.496 e. The van der Waals surface area contributed by atoms with E-state index in [9.17, 15) is 4.79 Å². The summed E-state index contributed by atoms with van der Waals surface area (Å²) in [7, 11) is 1.62. The van der Waals surface area contributed by atoms with Crippen molar-refractivity contribution in [1.82, 2.24) is 0 Å². The Kier molecular flexibility index (Phi) is 3.00. The van der Waals surface area contributed by atoms with Gasteiger partial charge in [-0.2, -0.15) is 0 Å². The first-order valence-corrected chi connectivity index (χ1v) is 6.50. The molecule has 1 aliphatic carbocycles. The number of methoxy groups -OCH3 is 1. The number of aldehydes is 1. The lowest BCUT2D eigenvalue weighted by atomic mass is 9.63. The lowest BCUT2D eigenvalue weighted by Crippen LogP contribution is -2.34. The van der Waals surface area contributed by atoms with Crippen LogP contribution in [0.2, 0.25) is 0 Å². The maximum atomic E-state index is 11.2. The summed E-state index contributed by atoms with van der Waals surface area (Å²) in [6, 6.07) is 4.07. The average molecular weight is 246 g/mol. The van der Waals surface area contributed by atoms with Gasteiger partial charge in [-0.25, -0.2) is 0 Å². The van der Waals surface area contributed by atoms with Gasteiger partial charge in [0.15, 0.2) is 6.29 Å². The van der Waals surface area contributed by atoms with Gasteiger partial charge in [0.1, 0.15) is 5.75 Å².